The van der Waals surface area contributed by atoms with Gasteiger partial charge < -0.3 is 106 Å². The van der Waals surface area contributed by atoms with Crippen molar-refractivity contribution in [2.75, 3.05) is 0 Å². The molecule has 7 aromatic carbocycles. The van der Waals surface area contributed by atoms with Crippen molar-refractivity contribution >= 4 is 0 Å². The van der Waals surface area contributed by atoms with Crippen molar-refractivity contribution in [1.82, 2.24) is 0 Å². The fraction of sp³-hybridized carbons (Fsp3) is 0.176. The third-order valence-electron chi connectivity index (χ3n) is 13.4. The Kier molecular flexibility index (Phi) is 10.8. The molecule has 0 bridgehead atoms. The van der Waals surface area contributed by atoms with E-state index in [0.717, 1.165) is 72.8 Å². The van der Waals surface area contributed by atoms with Crippen LogP contribution < -0.4 is 14.2 Å². The summed E-state index contributed by atoms with van der Waals surface area (Å²) >= 11 is 0. The SMILES string of the molecule is Oc1cc(O)c([C@H]2c3c(O)cc(O)c([C@H]4c5c(cc(O)c([C@H]6c7c(O)cc(O)cc7O[C@H](c7ccc(O)c(O)c7)[C@@H]6O)c5O)O[C@H](c5ccc(O)c(O)c5)[C@@H]4O)c3O[C@H](c3ccc(O)c(O)c3)[C@@H]2O)c(O)c1. The number of benzene rings is 7. The Morgan fingerprint density at radius 3 is 1.07 bits per heavy atom. The van der Waals surface area contributed by atoms with E-state index in [9.17, 15) is 91.9 Å². The van der Waals surface area contributed by atoms with Gasteiger partial charge in [0.2, 0.25) is 0 Å². The highest BCUT2D eigenvalue weighted by Gasteiger charge is 2.52. The van der Waals surface area contributed by atoms with Gasteiger partial charge >= 0.3 is 0 Å². The highest BCUT2D eigenvalue weighted by molar-refractivity contribution is 5.72. The van der Waals surface area contributed by atoms with Crippen molar-refractivity contribution in [2.45, 2.75) is 54.4 Å². The third-order valence-corrected chi connectivity index (χ3v) is 13.4. The summed E-state index contributed by atoms with van der Waals surface area (Å²) in [5, 5.41) is 203. The fourth-order valence-corrected chi connectivity index (χ4v) is 10.2. The van der Waals surface area contributed by atoms with E-state index in [-0.39, 0.29) is 28.0 Å². The molecule has 0 saturated carbocycles. The van der Waals surface area contributed by atoms with Gasteiger partial charge in [-0.2, -0.15) is 0 Å². The Morgan fingerprint density at radius 2 is 0.625 bits per heavy atom. The van der Waals surface area contributed by atoms with Gasteiger partial charge in [0, 0.05) is 69.8 Å². The zero-order valence-corrected chi connectivity index (χ0v) is 36.6. The van der Waals surface area contributed by atoms with Gasteiger partial charge in [0.25, 0.3) is 0 Å². The van der Waals surface area contributed by atoms with E-state index in [4.69, 9.17) is 14.2 Å². The van der Waals surface area contributed by atoms with Crippen LogP contribution in [0.25, 0.3) is 0 Å². The molecular formula is C51H42O21. The molecule has 18 N–H and O–H groups in total. The molecule has 3 heterocycles. The highest BCUT2D eigenvalue weighted by atomic mass is 16.5. The summed E-state index contributed by atoms with van der Waals surface area (Å²) in [6.07, 6.45) is -11.0. The van der Waals surface area contributed by atoms with Gasteiger partial charge in [-0.1, -0.05) is 18.2 Å². The van der Waals surface area contributed by atoms with E-state index in [1.54, 1.807) is 0 Å². The van der Waals surface area contributed by atoms with Crippen LogP contribution in [0.3, 0.4) is 0 Å². The lowest BCUT2D eigenvalue weighted by molar-refractivity contribution is -0.00411. The number of phenols is 15. The van der Waals surface area contributed by atoms with Gasteiger partial charge in [-0.3, -0.25) is 0 Å². The summed E-state index contributed by atoms with van der Waals surface area (Å²) < 4.78 is 18.8. The Bertz CT molecular complexity index is 3350. The van der Waals surface area contributed by atoms with Gasteiger partial charge in [0.05, 0.1) is 17.8 Å². The number of phenolic OH excluding ortho intramolecular Hbond substituents is 15. The highest BCUT2D eigenvalue weighted by Crippen LogP contribution is 2.64. The number of ether oxygens (including phenoxy) is 3. The molecule has 0 aromatic heterocycles. The molecule has 0 radical (unpaired) electrons. The molecule has 0 amide bonds. The van der Waals surface area contributed by atoms with Gasteiger partial charge in [-0.05, 0) is 53.1 Å². The van der Waals surface area contributed by atoms with Crippen LogP contribution in [0.2, 0.25) is 0 Å². The molecule has 72 heavy (non-hydrogen) atoms. The molecule has 21 heteroatoms. The predicted octanol–water partition coefficient (Wildman–Crippen LogP) is 5.15. The molecule has 0 saturated heterocycles. The number of fused-ring (bicyclic) bond motifs is 3. The summed E-state index contributed by atoms with van der Waals surface area (Å²) in [6, 6.07) is 15.2. The van der Waals surface area contributed by atoms with Gasteiger partial charge in [0.1, 0.15) is 87.3 Å². The zero-order valence-electron chi connectivity index (χ0n) is 36.6. The topological polar surface area (TPSA) is 392 Å². The number of hydrogen-bond acceptors (Lipinski definition) is 21. The van der Waals surface area contributed by atoms with E-state index in [2.05, 4.69) is 0 Å². The number of aliphatic hydroxyl groups excluding tert-OH is 3. The lowest BCUT2D eigenvalue weighted by Gasteiger charge is -2.43. The van der Waals surface area contributed by atoms with Gasteiger partial charge in [0.15, 0.2) is 52.8 Å². The first-order chi connectivity index (χ1) is 34.1. The van der Waals surface area contributed by atoms with Crippen LogP contribution in [0, 0.1) is 0 Å². The maximum atomic E-state index is 12.9. The molecule has 3 aliphatic rings. The Hall–Kier alpha value is -9.18. The Balaban J connectivity index is 1.26. The fourth-order valence-electron chi connectivity index (χ4n) is 10.2. The third kappa shape index (κ3) is 7.20. The van der Waals surface area contributed by atoms with Crippen molar-refractivity contribution in [1.29, 1.82) is 0 Å². The van der Waals surface area contributed by atoms with Crippen LogP contribution >= 0.6 is 0 Å². The molecular weight excluding hydrogens is 949 g/mol. The molecule has 9 atom stereocenters. The zero-order chi connectivity index (χ0) is 51.5. The second kappa shape index (κ2) is 16.8. The second-order valence-corrected chi connectivity index (χ2v) is 17.7. The minimum Gasteiger partial charge on any atom is -0.508 e. The first-order valence-electron chi connectivity index (χ1n) is 21.7. The first-order valence-corrected chi connectivity index (χ1v) is 21.7. The molecule has 0 fully saturated rings. The maximum absolute atomic E-state index is 12.9. The molecule has 10 rings (SSSR count). The molecule has 0 spiro atoms. The monoisotopic (exact) mass is 990 g/mol. The average molecular weight is 991 g/mol. The summed E-state index contributed by atoms with van der Waals surface area (Å²) in [7, 11) is 0. The van der Waals surface area contributed by atoms with E-state index >= 15 is 0 Å². The molecule has 372 valence electrons. The van der Waals surface area contributed by atoms with Crippen LogP contribution in [0.15, 0.2) is 91.0 Å². The van der Waals surface area contributed by atoms with Crippen LogP contribution in [-0.4, -0.2) is 110 Å². The molecule has 0 aliphatic carbocycles. The largest absolute Gasteiger partial charge is 0.508 e. The Morgan fingerprint density at radius 1 is 0.278 bits per heavy atom. The number of hydrogen-bond donors (Lipinski definition) is 18. The predicted molar refractivity (Wildman–Crippen MR) is 244 cm³/mol. The van der Waals surface area contributed by atoms with Crippen molar-refractivity contribution < 1.29 is 106 Å². The van der Waals surface area contributed by atoms with E-state index < -0.39 is 180 Å². The lowest BCUT2D eigenvalue weighted by atomic mass is 9.72. The molecule has 3 aliphatic heterocycles. The summed E-state index contributed by atoms with van der Waals surface area (Å²) in [5.74, 6) is -17.7. The molecule has 0 unspecified atom stereocenters. The summed E-state index contributed by atoms with van der Waals surface area (Å²) in [4.78, 5) is 0. The van der Waals surface area contributed by atoms with Crippen molar-refractivity contribution in [3.63, 3.8) is 0 Å². The van der Waals surface area contributed by atoms with E-state index in [1.807, 2.05) is 0 Å². The standard InChI is InChI=1S/C51H42O21/c52-19-10-27(60)35(28(61)11-19)41-38-30(63)14-31(64)39(51(38)72-50(45(41)67)18-3-6-23(56)26(59)9-18)43-40-34(71-49(47(43)69)17-2-5-22(55)25(58)8-17)15-32(65)37(44(40)66)42-36-29(62)12-20(53)13-33(36)70-48(46(42)68)16-1-4-21(54)24(57)7-16/h1-15,41-43,45-50,52-69H/t41-,42+,43-,45+,46+,47+,48+,49+,50+/m0/s1. The maximum Gasteiger partial charge on any atom is 0.157 e. The minimum atomic E-state index is -2.09. The van der Waals surface area contributed by atoms with Crippen LogP contribution in [-0.2, 0) is 0 Å². The number of aromatic hydroxyl groups is 15. The van der Waals surface area contributed by atoms with E-state index in [0.29, 0.717) is 0 Å². The first kappa shape index (κ1) is 46.5. The van der Waals surface area contributed by atoms with Gasteiger partial charge in [-0.25, -0.2) is 0 Å². The van der Waals surface area contributed by atoms with Gasteiger partial charge in [-0.15, -0.1) is 0 Å². The number of rotatable bonds is 6. The quantitative estimate of drug-likeness (QED) is 0.0958. The van der Waals surface area contributed by atoms with Crippen molar-refractivity contribution in [3.8, 4) is 103 Å². The van der Waals surface area contributed by atoms with Crippen LogP contribution in [0.1, 0.15) is 86.1 Å². The Labute approximate surface area is 404 Å². The lowest BCUT2D eigenvalue weighted by Crippen LogP contribution is -2.39. The minimum absolute atomic E-state index is 0.0154. The average Bonchev–Trinajstić information content (AvgIpc) is 3.30. The second-order valence-electron chi connectivity index (χ2n) is 17.7. The summed E-state index contributed by atoms with van der Waals surface area (Å²) in [5.41, 5.74) is -3.07. The summed E-state index contributed by atoms with van der Waals surface area (Å²) in [6.45, 7) is 0. The molecule has 7 aromatic rings. The number of aliphatic hydroxyl groups is 3. The van der Waals surface area contributed by atoms with Crippen molar-refractivity contribution in [3.05, 3.63) is 141 Å². The normalized spacial score (nSPS) is 23.1. The smallest absolute Gasteiger partial charge is 0.157 e. The van der Waals surface area contributed by atoms with Crippen LogP contribution in [0.5, 0.6) is 103 Å². The van der Waals surface area contributed by atoms with Crippen LogP contribution in [0.4, 0.5) is 0 Å². The molecule has 21 nitrogen and oxygen atoms in total. The van der Waals surface area contributed by atoms with Crippen molar-refractivity contribution in [2.24, 2.45) is 0 Å². The van der Waals surface area contributed by atoms with E-state index in [1.165, 1.54) is 18.2 Å².